The highest BCUT2D eigenvalue weighted by Crippen LogP contribution is 2.23. The van der Waals surface area contributed by atoms with E-state index < -0.39 is 0 Å². The van der Waals surface area contributed by atoms with Gasteiger partial charge in [-0.3, -0.25) is 9.78 Å². The highest BCUT2D eigenvalue weighted by molar-refractivity contribution is 6.07. The highest BCUT2D eigenvalue weighted by atomic mass is 16.5. The third kappa shape index (κ3) is 2.79. The van der Waals surface area contributed by atoms with Gasteiger partial charge in [-0.15, -0.1) is 0 Å². The molecule has 0 aliphatic heterocycles. The third-order valence-electron chi connectivity index (χ3n) is 4.23. The summed E-state index contributed by atoms with van der Waals surface area (Å²) >= 11 is 0. The first-order valence-corrected chi connectivity index (χ1v) is 8.02. The zero-order chi connectivity index (χ0) is 18.3. The number of carbonyl (C=O) groups is 1. The second-order valence-electron chi connectivity index (χ2n) is 5.97. The molecule has 3 N–H and O–H groups in total. The Hall–Kier alpha value is -3.61. The summed E-state index contributed by atoms with van der Waals surface area (Å²) in [6.07, 6.45) is 0. The molecule has 2 heterocycles. The molecule has 26 heavy (non-hydrogen) atoms. The predicted molar refractivity (Wildman–Crippen MR) is 99.9 cm³/mol. The Morgan fingerprint density at radius 3 is 2.69 bits per heavy atom. The molecule has 0 fully saturated rings. The summed E-state index contributed by atoms with van der Waals surface area (Å²) in [5.74, 6) is 0.459. The van der Waals surface area contributed by atoms with Gasteiger partial charge in [0.05, 0.1) is 34.9 Å². The van der Waals surface area contributed by atoms with Crippen molar-refractivity contribution in [3.8, 4) is 5.75 Å². The summed E-state index contributed by atoms with van der Waals surface area (Å²) in [4.78, 5) is 33.9. The molecule has 0 atom stereocenters. The molecule has 0 aliphatic carbocycles. The van der Waals surface area contributed by atoms with Crippen molar-refractivity contribution in [2.75, 3.05) is 12.4 Å². The van der Waals surface area contributed by atoms with Crippen molar-refractivity contribution in [1.29, 1.82) is 0 Å². The zero-order valence-electron chi connectivity index (χ0n) is 14.2. The molecule has 0 radical (unpaired) electrons. The lowest BCUT2D eigenvalue weighted by Crippen LogP contribution is -2.14. The third-order valence-corrected chi connectivity index (χ3v) is 4.23. The number of amides is 1. The summed E-state index contributed by atoms with van der Waals surface area (Å²) < 4.78 is 5.21. The van der Waals surface area contributed by atoms with Crippen LogP contribution in [0.1, 0.15) is 16.1 Å². The lowest BCUT2D eigenvalue weighted by molar-refractivity contribution is 0.102. The van der Waals surface area contributed by atoms with E-state index >= 15 is 0 Å². The van der Waals surface area contributed by atoms with Crippen molar-refractivity contribution in [1.82, 2.24) is 15.0 Å². The molecule has 0 spiro atoms. The van der Waals surface area contributed by atoms with Crippen LogP contribution in [0.3, 0.4) is 0 Å². The molecule has 2 aromatic heterocycles. The number of anilines is 1. The lowest BCUT2D eigenvalue weighted by atomic mass is 10.1. The fraction of sp³-hybridized carbons (Fsp3) is 0.105. The second kappa shape index (κ2) is 6.03. The van der Waals surface area contributed by atoms with E-state index in [2.05, 4.69) is 20.3 Å². The van der Waals surface area contributed by atoms with Crippen LogP contribution in [0.25, 0.3) is 21.9 Å². The van der Waals surface area contributed by atoms with Gasteiger partial charge in [-0.1, -0.05) is 0 Å². The smallest absolute Gasteiger partial charge is 0.323 e. The van der Waals surface area contributed by atoms with Crippen LogP contribution in [0.2, 0.25) is 0 Å². The van der Waals surface area contributed by atoms with E-state index in [1.54, 1.807) is 32.2 Å². The number of carbonyl (C=O) groups excluding carboxylic acids is 1. The number of H-pyrrole nitrogens is 2. The second-order valence-corrected chi connectivity index (χ2v) is 5.97. The number of hydrogen-bond donors (Lipinski definition) is 3. The number of pyridine rings is 1. The quantitative estimate of drug-likeness (QED) is 0.530. The Morgan fingerprint density at radius 2 is 1.88 bits per heavy atom. The summed E-state index contributed by atoms with van der Waals surface area (Å²) in [6, 6.07) is 12.5. The first-order valence-electron chi connectivity index (χ1n) is 8.02. The standard InChI is InChI=1S/C19H16N4O3/c1-10-14(7-11-3-5-13(26-2)9-16(11)20-10)18(24)21-12-4-6-15-17(8-12)23-19(25)22-15/h3-9H,1-2H3,(H,21,24)(H2,22,23,25). The lowest BCUT2D eigenvalue weighted by Gasteiger charge is -2.10. The Kier molecular flexibility index (Phi) is 3.69. The summed E-state index contributed by atoms with van der Waals surface area (Å²) in [5, 5.41) is 3.70. The molecule has 130 valence electrons. The van der Waals surface area contributed by atoms with Crippen LogP contribution < -0.4 is 15.7 Å². The molecule has 7 nitrogen and oxygen atoms in total. The number of nitrogens with one attached hydrogen (secondary N) is 3. The van der Waals surface area contributed by atoms with E-state index in [0.717, 1.165) is 16.7 Å². The number of rotatable bonds is 3. The average Bonchev–Trinajstić information content (AvgIpc) is 2.99. The molecule has 0 unspecified atom stereocenters. The minimum absolute atomic E-state index is 0.259. The molecule has 0 saturated carbocycles. The SMILES string of the molecule is COc1ccc2cc(C(=O)Nc3ccc4[nH]c(=O)[nH]c4c3)c(C)nc2c1. The Bertz CT molecular complexity index is 1210. The van der Waals surface area contributed by atoms with Gasteiger partial charge >= 0.3 is 5.69 Å². The average molecular weight is 348 g/mol. The van der Waals surface area contributed by atoms with E-state index in [4.69, 9.17) is 4.74 Å². The number of nitrogens with zero attached hydrogens (tertiary/aromatic N) is 1. The van der Waals surface area contributed by atoms with E-state index in [1.165, 1.54) is 0 Å². The molecule has 0 aliphatic rings. The van der Waals surface area contributed by atoms with Crippen molar-refractivity contribution < 1.29 is 9.53 Å². The number of hydrogen-bond acceptors (Lipinski definition) is 4. The fourth-order valence-electron chi connectivity index (χ4n) is 2.91. The van der Waals surface area contributed by atoms with E-state index in [9.17, 15) is 9.59 Å². The molecule has 0 saturated heterocycles. The van der Waals surface area contributed by atoms with Gasteiger partial charge in [0, 0.05) is 17.1 Å². The number of benzene rings is 2. The van der Waals surface area contributed by atoms with Crippen LogP contribution >= 0.6 is 0 Å². The van der Waals surface area contributed by atoms with Crippen molar-refractivity contribution in [3.63, 3.8) is 0 Å². The topological polar surface area (TPSA) is 99.9 Å². The van der Waals surface area contributed by atoms with Crippen LogP contribution in [0.5, 0.6) is 5.75 Å². The maximum Gasteiger partial charge on any atom is 0.323 e. The zero-order valence-corrected chi connectivity index (χ0v) is 14.2. The number of ether oxygens (including phenoxy) is 1. The Balaban J connectivity index is 1.68. The number of aryl methyl sites for hydroxylation is 1. The van der Waals surface area contributed by atoms with Gasteiger partial charge in [-0.05, 0) is 43.3 Å². The van der Waals surface area contributed by atoms with Gasteiger partial charge in [0.15, 0.2) is 0 Å². The number of methoxy groups -OCH3 is 1. The highest BCUT2D eigenvalue weighted by Gasteiger charge is 2.13. The first-order chi connectivity index (χ1) is 12.5. The molecule has 7 heteroatoms. The predicted octanol–water partition coefficient (Wildman–Crippen LogP) is 2.97. The van der Waals surface area contributed by atoms with Crippen LogP contribution in [0.4, 0.5) is 5.69 Å². The van der Waals surface area contributed by atoms with Crippen LogP contribution in [0, 0.1) is 6.92 Å². The van der Waals surface area contributed by atoms with Crippen LogP contribution in [0.15, 0.2) is 47.3 Å². The minimum Gasteiger partial charge on any atom is -0.497 e. The fourth-order valence-corrected chi connectivity index (χ4v) is 2.91. The number of fused-ring (bicyclic) bond motifs is 2. The maximum absolute atomic E-state index is 12.7. The monoisotopic (exact) mass is 348 g/mol. The van der Waals surface area contributed by atoms with Gasteiger partial charge in [0.25, 0.3) is 5.91 Å². The molecule has 0 bridgehead atoms. The maximum atomic E-state index is 12.7. The molecule has 4 aromatic rings. The van der Waals surface area contributed by atoms with Crippen LogP contribution in [-0.2, 0) is 0 Å². The van der Waals surface area contributed by atoms with Gasteiger partial charge in [0.1, 0.15) is 5.75 Å². The largest absolute Gasteiger partial charge is 0.497 e. The van der Waals surface area contributed by atoms with Crippen molar-refractivity contribution in [2.24, 2.45) is 0 Å². The van der Waals surface area contributed by atoms with Gasteiger partial charge in [0.2, 0.25) is 0 Å². The first kappa shape index (κ1) is 15.9. The molecule has 1 amide bonds. The van der Waals surface area contributed by atoms with Crippen LogP contribution in [-0.4, -0.2) is 28.0 Å². The normalized spacial score (nSPS) is 11.0. The van der Waals surface area contributed by atoms with E-state index in [0.29, 0.717) is 28.0 Å². The minimum atomic E-state index is -0.284. The Morgan fingerprint density at radius 1 is 1.08 bits per heavy atom. The van der Waals surface area contributed by atoms with Gasteiger partial charge < -0.3 is 20.0 Å². The van der Waals surface area contributed by atoms with E-state index in [-0.39, 0.29) is 11.6 Å². The molecule has 4 rings (SSSR count). The van der Waals surface area contributed by atoms with Gasteiger partial charge in [-0.2, -0.15) is 0 Å². The van der Waals surface area contributed by atoms with Crippen molar-refractivity contribution in [2.45, 2.75) is 6.92 Å². The molecular formula is C19H16N4O3. The van der Waals surface area contributed by atoms with E-state index in [1.807, 2.05) is 24.3 Å². The Labute approximate surface area is 148 Å². The number of aromatic nitrogens is 3. The number of imidazole rings is 1. The molecule has 2 aromatic carbocycles. The summed E-state index contributed by atoms with van der Waals surface area (Å²) in [5.41, 5.74) is 3.51. The summed E-state index contributed by atoms with van der Waals surface area (Å²) in [6.45, 7) is 1.79. The summed E-state index contributed by atoms with van der Waals surface area (Å²) in [7, 11) is 1.60. The number of aromatic amines is 2. The van der Waals surface area contributed by atoms with Gasteiger partial charge in [-0.25, -0.2) is 4.79 Å². The van der Waals surface area contributed by atoms with Crippen molar-refractivity contribution in [3.05, 3.63) is 64.2 Å². The molecular weight excluding hydrogens is 332 g/mol. The van der Waals surface area contributed by atoms with Crippen molar-refractivity contribution >= 4 is 33.5 Å².